The normalized spacial score (nSPS) is 17.0. The smallest absolute Gasteiger partial charge is 0.137 e. The number of rotatable bonds is 4. The van der Waals surface area contributed by atoms with E-state index in [0.29, 0.717) is 11.8 Å². The first kappa shape index (κ1) is 14.1. The number of benzene rings is 1. The lowest BCUT2D eigenvalue weighted by atomic mass is 10.0. The number of fused-ring (bicyclic) bond motifs is 1. The van der Waals surface area contributed by atoms with E-state index in [2.05, 4.69) is 28.3 Å². The molecule has 1 atom stereocenters. The molecular weight excluding hydrogens is 286 g/mol. The van der Waals surface area contributed by atoms with Crippen LogP contribution in [-0.4, -0.2) is 16.6 Å². The topological polar surface area (TPSA) is 47.0 Å². The molecule has 1 unspecified atom stereocenters. The van der Waals surface area contributed by atoms with Crippen molar-refractivity contribution in [1.29, 1.82) is 0 Å². The van der Waals surface area contributed by atoms with E-state index in [1.807, 2.05) is 18.2 Å². The predicted molar refractivity (Wildman–Crippen MR) is 84.0 cm³/mol. The minimum atomic E-state index is 0.191. The van der Waals surface area contributed by atoms with Crippen molar-refractivity contribution < 1.29 is 4.74 Å². The van der Waals surface area contributed by atoms with Crippen molar-refractivity contribution in [3.05, 3.63) is 46.9 Å². The molecular formula is C16H18ClN3O. The van der Waals surface area contributed by atoms with Gasteiger partial charge in [-0.25, -0.2) is 9.97 Å². The molecule has 110 valence electrons. The second-order valence-corrected chi connectivity index (χ2v) is 5.47. The van der Waals surface area contributed by atoms with Crippen molar-refractivity contribution in [2.24, 2.45) is 0 Å². The van der Waals surface area contributed by atoms with Crippen molar-refractivity contribution in [2.45, 2.75) is 32.2 Å². The highest BCUT2D eigenvalue weighted by atomic mass is 35.5. The first-order chi connectivity index (χ1) is 10.3. The molecule has 0 fully saturated rings. The summed E-state index contributed by atoms with van der Waals surface area (Å²) in [6.45, 7) is 2.83. The summed E-state index contributed by atoms with van der Waals surface area (Å²) in [4.78, 5) is 8.46. The number of para-hydroxylation sites is 1. The lowest BCUT2D eigenvalue weighted by Crippen LogP contribution is -2.21. The maximum absolute atomic E-state index is 6.21. The second-order valence-electron chi connectivity index (χ2n) is 5.11. The highest BCUT2D eigenvalue weighted by molar-refractivity contribution is 6.30. The summed E-state index contributed by atoms with van der Waals surface area (Å²) < 4.78 is 5.69. The fraction of sp³-hybridized carbons (Fsp3) is 0.375. The van der Waals surface area contributed by atoms with Crippen LogP contribution in [-0.2, 0) is 6.42 Å². The van der Waals surface area contributed by atoms with E-state index in [1.165, 1.54) is 11.9 Å². The summed E-state index contributed by atoms with van der Waals surface area (Å²) in [6, 6.07) is 8.31. The van der Waals surface area contributed by atoms with Crippen LogP contribution in [0.2, 0.25) is 5.15 Å². The molecule has 0 aliphatic carbocycles. The number of halogens is 1. The molecule has 21 heavy (non-hydrogen) atoms. The highest BCUT2D eigenvalue weighted by Crippen LogP contribution is 2.35. The maximum atomic E-state index is 6.21. The van der Waals surface area contributed by atoms with Crippen LogP contribution in [0.25, 0.3) is 0 Å². The third-order valence-corrected chi connectivity index (χ3v) is 3.99. The summed E-state index contributed by atoms with van der Waals surface area (Å²) in [6.07, 6.45) is 4.29. The monoisotopic (exact) mass is 303 g/mol. The van der Waals surface area contributed by atoms with E-state index in [4.69, 9.17) is 16.3 Å². The lowest BCUT2D eigenvalue weighted by Gasteiger charge is -2.27. The molecule has 0 amide bonds. The molecule has 1 aromatic heterocycles. The summed E-state index contributed by atoms with van der Waals surface area (Å²) in [5.41, 5.74) is 2.16. The third-order valence-electron chi connectivity index (χ3n) is 3.66. The van der Waals surface area contributed by atoms with E-state index >= 15 is 0 Å². The van der Waals surface area contributed by atoms with Gasteiger partial charge in [-0.2, -0.15) is 0 Å². The van der Waals surface area contributed by atoms with Gasteiger partial charge in [-0.05, 0) is 12.5 Å². The van der Waals surface area contributed by atoms with Gasteiger partial charge in [-0.15, -0.1) is 0 Å². The summed E-state index contributed by atoms with van der Waals surface area (Å²) in [5, 5.41) is 4.05. The third kappa shape index (κ3) is 2.95. The van der Waals surface area contributed by atoms with Crippen LogP contribution in [0.1, 0.15) is 36.9 Å². The number of ether oxygens (including phenoxy) is 1. The summed E-state index contributed by atoms with van der Waals surface area (Å²) >= 11 is 6.21. The Labute approximate surface area is 129 Å². The van der Waals surface area contributed by atoms with Crippen LogP contribution >= 0.6 is 11.6 Å². The fourth-order valence-corrected chi connectivity index (χ4v) is 2.87. The number of anilines is 1. The zero-order valence-electron chi connectivity index (χ0n) is 12.0. The Morgan fingerprint density at radius 3 is 3.05 bits per heavy atom. The van der Waals surface area contributed by atoms with Crippen molar-refractivity contribution >= 4 is 17.4 Å². The van der Waals surface area contributed by atoms with Gasteiger partial charge in [0.25, 0.3) is 0 Å². The van der Waals surface area contributed by atoms with Crippen LogP contribution in [0.5, 0.6) is 5.75 Å². The summed E-state index contributed by atoms with van der Waals surface area (Å²) in [5.74, 6) is 1.77. The fourth-order valence-electron chi connectivity index (χ4n) is 2.64. The van der Waals surface area contributed by atoms with E-state index in [9.17, 15) is 0 Å². The molecule has 1 aromatic carbocycles. The lowest BCUT2D eigenvalue weighted by molar-refractivity contribution is 0.274. The van der Waals surface area contributed by atoms with Gasteiger partial charge in [0, 0.05) is 17.5 Å². The average molecular weight is 304 g/mol. The van der Waals surface area contributed by atoms with Crippen molar-refractivity contribution in [2.75, 3.05) is 11.9 Å². The Hall–Kier alpha value is -1.81. The molecule has 5 heteroatoms. The number of hydrogen-bond donors (Lipinski definition) is 1. The van der Waals surface area contributed by atoms with Gasteiger partial charge in [-0.3, -0.25) is 0 Å². The standard InChI is InChI=1S/C16H18ClN3O/c1-2-5-12-15(17)18-10-19-16(12)20-13-8-9-21-14-7-4-3-6-11(13)14/h3-4,6-7,10,13H,2,5,8-9H2,1H3,(H,18,19,20). The Bertz CT molecular complexity index is 633. The predicted octanol–water partition coefficient (Wildman–Crippen LogP) is 4.02. The molecule has 0 saturated carbocycles. The van der Waals surface area contributed by atoms with Crippen LogP contribution in [0.4, 0.5) is 5.82 Å². The molecule has 1 aliphatic heterocycles. The van der Waals surface area contributed by atoms with Crippen LogP contribution in [0.15, 0.2) is 30.6 Å². The largest absolute Gasteiger partial charge is 0.493 e. The molecule has 0 saturated heterocycles. The van der Waals surface area contributed by atoms with Crippen molar-refractivity contribution in [3.63, 3.8) is 0 Å². The Morgan fingerprint density at radius 1 is 1.33 bits per heavy atom. The molecule has 3 rings (SSSR count). The Morgan fingerprint density at radius 2 is 2.19 bits per heavy atom. The molecule has 0 bridgehead atoms. The number of nitrogens with zero attached hydrogens (tertiary/aromatic N) is 2. The minimum absolute atomic E-state index is 0.191. The van der Waals surface area contributed by atoms with E-state index in [1.54, 1.807) is 0 Å². The average Bonchev–Trinajstić information content (AvgIpc) is 2.51. The molecule has 1 aliphatic rings. The van der Waals surface area contributed by atoms with Crippen molar-refractivity contribution in [1.82, 2.24) is 9.97 Å². The first-order valence-electron chi connectivity index (χ1n) is 7.27. The summed E-state index contributed by atoms with van der Waals surface area (Å²) in [7, 11) is 0. The maximum Gasteiger partial charge on any atom is 0.137 e. The molecule has 2 aromatic rings. The van der Waals surface area contributed by atoms with Crippen LogP contribution < -0.4 is 10.1 Å². The molecule has 0 spiro atoms. The van der Waals surface area contributed by atoms with Gasteiger partial charge in [0.2, 0.25) is 0 Å². The SMILES string of the molecule is CCCc1c(Cl)ncnc1NC1CCOc2ccccc21. The Kier molecular flexibility index (Phi) is 4.25. The van der Waals surface area contributed by atoms with E-state index in [0.717, 1.165) is 36.4 Å². The number of nitrogens with one attached hydrogen (secondary N) is 1. The van der Waals surface area contributed by atoms with Crippen LogP contribution in [0.3, 0.4) is 0 Å². The van der Waals surface area contributed by atoms with Gasteiger partial charge in [0.05, 0.1) is 12.6 Å². The van der Waals surface area contributed by atoms with Gasteiger partial charge in [0.15, 0.2) is 0 Å². The quantitative estimate of drug-likeness (QED) is 0.867. The van der Waals surface area contributed by atoms with Crippen LogP contribution in [0, 0.1) is 0 Å². The molecule has 0 radical (unpaired) electrons. The molecule has 2 heterocycles. The van der Waals surface area contributed by atoms with Gasteiger partial charge in [-0.1, -0.05) is 43.1 Å². The van der Waals surface area contributed by atoms with Gasteiger partial charge in [0.1, 0.15) is 23.0 Å². The van der Waals surface area contributed by atoms with E-state index in [-0.39, 0.29) is 6.04 Å². The zero-order chi connectivity index (χ0) is 14.7. The molecule has 4 nitrogen and oxygen atoms in total. The van der Waals surface area contributed by atoms with Gasteiger partial charge < -0.3 is 10.1 Å². The minimum Gasteiger partial charge on any atom is -0.493 e. The first-order valence-corrected chi connectivity index (χ1v) is 7.65. The van der Waals surface area contributed by atoms with Crippen molar-refractivity contribution in [3.8, 4) is 5.75 Å². The second kappa shape index (κ2) is 6.31. The number of aromatic nitrogens is 2. The van der Waals surface area contributed by atoms with Gasteiger partial charge >= 0.3 is 0 Å². The number of hydrogen-bond acceptors (Lipinski definition) is 4. The zero-order valence-corrected chi connectivity index (χ0v) is 12.7. The Balaban J connectivity index is 1.90. The van der Waals surface area contributed by atoms with E-state index < -0.39 is 0 Å². The highest BCUT2D eigenvalue weighted by Gasteiger charge is 2.22. The molecule has 1 N–H and O–H groups in total.